The van der Waals surface area contributed by atoms with Crippen molar-refractivity contribution in [3.8, 4) is 0 Å². The average Bonchev–Trinajstić information content (AvgIpc) is 2.58. The molecule has 1 aromatic carbocycles. The Labute approximate surface area is 167 Å². The Hall–Kier alpha value is -1.53. The number of pyridine rings is 1. The lowest BCUT2D eigenvalue weighted by Gasteiger charge is -2.12. The van der Waals surface area contributed by atoms with Crippen molar-refractivity contribution in [1.29, 1.82) is 0 Å². The molecular formula is C18H20Cl3N3O2. The number of rotatable bonds is 7. The van der Waals surface area contributed by atoms with Crippen molar-refractivity contribution in [2.75, 3.05) is 27.2 Å². The summed E-state index contributed by atoms with van der Waals surface area (Å²) in [7, 11) is 3.95. The maximum atomic E-state index is 12.3. The molecule has 8 heteroatoms. The largest absolute Gasteiger partial charge is 0.352 e. The second-order valence-corrected chi connectivity index (χ2v) is 7.39. The third-order valence-electron chi connectivity index (χ3n) is 3.71. The molecular weight excluding hydrogens is 397 g/mol. The average molecular weight is 417 g/mol. The van der Waals surface area contributed by atoms with E-state index in [-0.39, 0.29) is 23.0 Å². The Morgan fingerprint density at radius 3 is 2.50 bits per heavy atom. The summed E-state index contributed by atoms with van der Waals surface area (Å²) in [5.74, 6) is -0.270. The lowest BCUT2D eigenvalue weighted by Crippen LogP contribution is -2.29. The van der Waals surface area contributed by atoms with Gasteiger partial charge in [0.25, 0.3) is 11.5 Å². The Balaban J connectivity index is 2.16. The van der Waals surface area contributed by atoms with E-state index in [1.807, 2.05) is 19.0 Å². The van der Waals surface area contributed by atoms with Crippen LogP contribution in [0.5, 0.6) is 0 Å². The van der Waals surface area contributed by atoms with Crippen LogP contribution in [-0.4, -0.2) is 42.6 Å². The van der Waals surface area contributed by atoms with Crippen molar-refractivity contribution < 1.29 is 4.79 Å². The van der Waals surface area contributed by atoms with Crippen molar-refractivity contribution in [3.05, 3.63) is 67.0 Å². The number of halogens is 3. The molecule has 0 saturated heterocycles. The first-order valence-electron chi connectivity index (χ1n) is 8.05. The summed E-state index contributed by atoms with van der Waals surface area (Å²) in [6.45, 7) is 1.65. The third kappa shape index (κ3) is 5.74. The van der Waals surface area contributed by atoms with Gasteiger partial charge in [0.15, 0.2) is 0 Å². The molecule has 1 aromatic heterocycles. The van der Waals surface area contributed by atoms with Gasteiger partial charge in [-0.05, 0) is 50.8 Å². The second-order valence-electron chi connectivity index (χ2n) is 6.17. The molecule has 0 atom stereocenters. The van der Waals surface area contributed by atoms with Crippen LogP contribution >= 0.6 is 34.8 Å². The highest BCUT2D eigenvalue weighted by Gasteiger charge is 2.12. The van der Waals surface area contributed by atoms with Gasteiger partial charge in [-0.25, -0.2) is 0 Å². The molecule has 0 unspecified atom stereocenters. The van der Waals surface area contributed by atoms with Crippen molar-refractivity contribution in [2.45, 2.75) is 13.0 Å². The molecule has 0 fully saturated rings. The SMILES string of the molecule is CN(C)CCCNC(=O)c1cc(Cl)c(=O)n(Cc2ccc(Cl)c(Cl)c2)c1. The maximum Gasteiger partial charge on any atom is 0.269 e. The summed E-state index contributed by atoms with van der Waals surface area (Å²) in [5, 5.41) is 3.66. The van der Waals surface area contributed by atoms with Crippen molar-refractivity contribution in [1.82, 2.24) is 14.8 Å². The number of nitrogens with one attached hydrogen (secondary N) is 1. The molecule has 0 aliphatic heterocycles. The highest BCUT2D eigenvalue weighted by molar-refractivity contribution is 6.42. The quantitative estimate of drug-likeness (QED) is 0.702. The van der Waals surface area contributed by atoms with Gasteiger partial charge in [-0.15, -0.1) is 0 Å². The minimum Gasteiger partial charge on any atom is -0.352 e. The maximum absolute atomic E-state index is 12.3. The smallest absolute Gasteiger partial charge is 0.269 e. The van der Waals surface area contributed by atoms with Crippen molar-refractivity contribution in [2.24, 2.45) is 0 Å². The molecule has 2 aromatic rings. The molecule has 1 amide bonds. The number of amides is 1. The summed E-state index contributed by atoms with van der Waals surface area (Å²) in [6, 6.07) is 6.49. The van der Waals surface area contributed by atoms with Crippen LogP contribution in [0.25, 0.3) is 0 Å². The van der Waals surface area contributed by atoms with Gasteiger partial charge in [-0.3, -0.25) is 9.59 Å². The molecule has 5 nitrogen and oxygen atoms in total. The first-order chi connectivity index (χ1) is 12.3. The van der Waals surface area contributed by atoms with Gasteiger partial charge >= 0.3 is 0 Å². The van der Waals surface area contributed by atoms with Gasteiger partial charge in [0.2, 0.25) is 0 Å². The molecule has 1 heterocycles. The van der Waals surface area contributed by atoms with E-state index in [0.717, 1.165) is 18.5 Å². The van der Waals surface area contributed by atoms with Crippen LogP contribution in [0.3, 0.4) is 0 Å². The lowest BCUT2D eigenvalue weighted by molar-refractivity contribution is 0.0951. The van der Waals surface area contributed by atoms with Gasteiger partial charge < -0.3 is 14.8 Å². The van der Waals surface area contributed by atoms with E-state index in [4.69, 9.17) is 34.8 Å². The highest BCUT2D eigenvalue weighted by Crippen LogP contribution is 2.23. The number of benzene rings is 1. The fourth-order valence-corrected chi connectivity index (χ4v) is 2.92. The summed E-state index contributed by atoms with van der Waals surface area (Å²) in [5.41, 5.74) is 0.738. The number of hydrogen-bond donors (Lipinski definition) is 1. The standard InChI is InChI=1S/C18H20Cl3N3O2/c1-23(2)7-3-6-22-17(25)13-9-16(21)18(26)24(11-13)10-12-4-5-14(19)15(20)8-12/h4-5,8-9,11H,3,6-7,10H2,1-2H3,(H,22,25). The van der Waals surface area contributed by atoms with Gasteiger partial charge in [0.1, 0.15) is 5.02 Å². The first-order valence-corrected chi connectivity index (χ1v) is 9.18. The zero-order valence-corrected chi connectivity index (χ0v) is 16.8. The van der Waals surface area contributed by atoms with Crippen molar-refractivity contribution in [3.63, 3.8) is 0 Å². The van der Waals surface area contributed by atoms with Crippen LogP contribution in [0.2, 0.25) is 15.1 Å². The van der Waals surface area contributed by atoms with Crippen LogP contribution in [0.1, 0.15) is 22.3 Å². The normalized spacial score (nSPS) is 11.0. The highest BCUT2D eigenvalue weighted by atomic mass is 35.5. The molecule has 0 radical (unpaired) electrons. The van der Waals surface area contributed by atoms with Gasteiger partial charge in [0.05, 0.1) is 22.2 Å². The predicted octanol–water partition coefficient (Wildman–Crippen LogP) is 3.54. The summed E-state index contributed by atoms with van der Waals surface area (Å²) in [4.78, 5) is 26.6. The Morgan fingerprint density at radius 2 is 1.85 bits per heavy atom. The number of nitrogens with zero attached hydrogens (tertiary/aromatic N) is 2. The molecule has 0 spiro atoms. The molecule has 0 aliphatic rings. The minimum atomic E-state index is -0.373. The van der Waals surface area contributed by atoms with E-state index in [1.165, 1.54) is 16.8 Å². The van der Waals surface area contributed by atoms with Crippen LogP contribution in [0.4, 0.5) is 0 Å². The Bertz CT molecular complexity index is 850. The predicted molar refractivity (Wildman–Crippen MR) is 107 cm³/mol. The van der Waals surface area contributed by atoms with E-state index in [0.29, 0.717) is 22.2 Å². The third-order valence-corrected chi connectivity index (χ3v) is 4.72. The molecule has 0 bridgehead atoms. The first kappa shape index (κ1) is 20.8. The van der Waals surface area contributed by atoms with Gasteiger partial charge in [0, 0.05) is 12.7 Å². The van der Waals surface area contributed by atoms with Crippen LogP contribution in [-0.2, 0) is 6.54 Å². The Morgan fingerprint density at radius 1 is 1.12 bits per heavy atom. The van der Waals surface area contributed by atoms with E-state index in [1.54, 1.807) is 18.2 Å². The summed E-state index contributed by atoms with van der Waals surface area (Å²) in [6.07, 6.45) is 2.33. The molecule has 2 rings (SSSR count). The molecule has 26 heavy (non-hydrogen) atoms. The minimum absolute atomic E-state index is 0.00833. The zero-order valence-electron chi connectivity index (χ0n) is 14.6. The fraction of sp³-hybridized carbons (Fsp3) is 0.333. The number of carbonyl (C=O) groups is 1. The summed E-state index contributed by atoms with van der Waals surface area (Å²) < 4.78 is 1.39. The van der Waals surface area contributed by atoms with E-state index in [2.05, 4.69) is 5.32 Å². The molecule has 0 aliphatic carbocycles. The van der Waals surface area contributed by atoms with Crippen LogP contribution in [0, 0.1) is 0 Å². The second kappa shape index (κ2) is 9.42. The Kier molecular flexibility index (Phi) is 7.53. The van der Waals surface area contributed by atoms with Gasteiger partial charge in [-0.2, -0.15) is 0 Å². The summed E-state index contributed by atoms with van der Waals surface area (Å²) >= 11 is 17.9. The topological polar surface area (TPSA) is 54.3 Å². The van der Waals surface area contributed by atoms with E-state index >= 15 is 0 Å². The molecule has 1 N–H and O–H groups in total. The fourth-order valence-electron chi connectivity index (χ4n) is 2.37. The monoisotopic (exact) mass is 415 g/mol. The van der Waals surface area contributed by atoms with Crippen LogP contribution < -0.4 is 10.9 Å². The molecule has 140 valence electrons. The van der Waals surface area contributed by atoms with Crippen LogP contribution in [0.15, 0.2) is 35.3 Å². The number of carbonyl (C=O) groups excluding carboxylic acids is 1. The van der Waals surface area contributed by atoms with Crippen molar-refractivity contribution >= 4 is 40.7 Å². The zero-order chi connectivity index (χ0) is 19.3. The van der Waals surface area contributed by atoms with E-state index < -0.39 is 0 Å². The van der Waals surface area contributed by atoms with E-state index in [9.17, 15) is 9.59 Å². The number of aromatic nitrogens is 1. The number of hydrogen-bond acceptors (Lipinski definition) is 3. The lowest BCUT2D eigenvalue weighted by atomic mass is 10.2. The van der Waals surface area contributed by atoms with Gasteiger partial charge in [-0.1, -0.05) is 40.9 Å². The molecule has 0 saturated carbocycles.